The van der Waals surface area contributed by atoms with Crippen molar-refractivity contribution in [2.75, 3.05) is 0 Å². The first kappa shape index (κ1) is 22.3. The molecule has 0 atom stereocenters. The fourth-order valence-corrected chi connectivity index (χ4v) is 4.19. The van der Waals surface area contributed by atoms with Crippen LogP contribution in [-0.2, 0) is 16.1 Å². The summed E-state index contributed by atoms with van der Waals surface area (Å²) in [6.45, 7) is 0.199. The van der Waals surface area contributed by atoms with Crippen LogP contribution in [0.15, 0.2) is 54.6 Å². The van der Waals surface area contributed by atoms with Gasteiger partial charge in [0, 0.05) is 0 Å². The zero-order chi connectivity index (χ0) is 23.4. The second-order valence-electron chi connectivity index (χ2n) is 8.08. The van der Waals surface area contributed by atoms with Gasteiger partial charge in [0.1, 0.15) is 12.7 Å². The van der Waals surface area contributed by atoms with Crippen molar-refractivity contribution in [3.63, 3.8) is 0 Å². The topological polar surface area (TPSA) is 96.6 Å². The molecular formula is C26H22FNO5. The highest BCUT2D eigenvalue weighted by Crippen LogP contribution is 2.31. The Hall–Kier alpha value is -3.92. The molecule has 168 valence electrons. The second-order valence-corrected chi connectivity index (χ2v) is 8.08. The monoisotopic (exact) mass is 447 g/mol. The number of benzene rings is 3. The van der Waals surface area contributed by atoms with E-state index < -0.39 is 11.8 Å². The molecule has 1 aliphatic rings. The van der Waals surface area contributed by atoms with Crippen LogP contribution < -0.4 is 4.74 Å². The molecule has 0 aliphatic heterocycles. The van der Waals surface area contributed by atoms with Crippen LogP contribution in [0.25, 0.3) is 10.8 Å². The summed E-state index contributed by atoms with van der Waals surface area (Å²) in [4.78, 5) is 23.9. The summed E-state index contributed by atoms with van der Waals surface area (Å²) < 4.78 is 25.5. The maximum absolute atomic E-state index is 14.3. The molecule has 1 N–H and O–H groups in total. The van der Waals surface area contributed by atoms with Gasteiger partial charge in [-0.05, 0) is 54.2 Å². The number of carbonyl (C=O) groups excluding carboxylic acids is 1. The summed E-state index contributed by atoms with van der Waals surface area (Å²) in [6.07, 6.45) is 1.73. The summed E-state index contributed by atoms with van der Waals surface area (Å²) >= 11 is 0. The van der Waals surface area contributed by atoms with Gasteiger partial charge in [-0.1, -0.05) is 42.5 Å². The van der Waals surface area contributed by atoms with Gasteiger partial charge < -0.3 is 14.6 Å². The Bertz CT molecular complexity index is 1240. The molecule has 33 heavy (non-hydrogen) atoms. The van der Waals surface area contributed by atoms with E-state index in [1.54, 1.807) is 6.07 Å². The molecule has 1 fully saturated rings. The lowest BCUT2D eigenvalue weighted by Crippen LogP contribution is -2.29. The number of carboxylic acids is 1. The highest BCUT2D eigenvalue weighted by atomic mass is 19.1. The zero-order valence-corrected chi connectivity index (χ0v) is 17.8. The van der Waals surface area contributed by atoms with Crippen LogP contribution in [0.5, 0.6) is 5.75 Å². The molecular weight excluding hydrogens is 425 g/mol. The number of hydrogen-bond acceptors (Lipinski definition) is 5. The predicted octanol–water partition coefficient (Wildman–Crippen LogP) is 5.23. The molecule has 0 bridgehead atoms. The molecule has 1 aliphatic carbocycles. The molecule has 4 rings (SSSR count). The Kier molecular flexibility index (Phi) is 6.55. The summed E-state index contributed by atoms with van der Waals surface area (Å²) in [6, 6.07) is 17.4. The number of nitriles is 1. The number of nitrogens with zero attached hydrogens (tertiary/aromatic N) is 1. The third-order valence-electron chi connectivity index (χ3n) is 5.97. The molecule has 0 aromatic heterocycles. The Morgan fingerprint density at radius 1 is 1.06 bits per heavy atom. The SMILES string of the molecule is N#Cc1cc(F)c(OC2CCC(C(=O)OCc3cccc4ccccc34)CC2)cc1C(=O)O. The normalized spacial score (nSPS) is 17.8. The van der Waals surface area contributed by atoms with Crippen molar-refractivity contribution < 1.29 is 28.6 Å². The molecule has 0 amide bonds. The molecule has 0 spiro atoms. The van der Waals surface area contributed by atoms with Gasteiger partial charge in [-0.3, -0.25) is 4.79 Å². The molecule has 0 heterocycles. The number of aromatic carboxylic acids is 1. The lowest BCUT2D eigenvalue weighted by molar-refractivity contribution is -0.151. The van der Waals surface area contributed by atoms with Crippen LogP contribution in [0.2, 0.25) is 0 Å². The second kappa shape index (κ2) is 9.70. The van der Waals surface area contributed by atoms with Gasteiger partial charge in [0.25, 0.3) is 0 Å². The van der Waals surface area contributed by atoms with Gasteiger partial charge in [-0.25, -0.2) is 9.18 Å². The summed E-state index contributed by atoms with van der Waals surface area (Å²) in [5.74, 6) is -2.84. The summed E-state index contributed by atoms with van der Waals surface area (Å²) in [7, 11) is 0. The van der Waals surface area contributed by atoms with E-state index in [-0.39, 0.29) is 41.5 Å². The van der Waals surface area contributed by atoms with Crippen molar-refractivity contribution >= 4 is 22.7 Å². The molecule has 7 heteroatoms. The number of hydrogen-bond donors (Lipinski definition) is 1. The third kappa shape index (κ3) is 4.96. The Morgan fingerprint density at radius 2 is 1.79 bits per heavy atom. The van der Waals surface area contributed by atoms with Gasteiger partial charge >= 0.3 is 11.9 Å². The number of ether oxygens (including phenoxy) is 2. The number of esters is 1. The highest BCUT2D eigenvalue weighted by Gasteiger charge is 2.29. The fraction of sp³-hybridized carbons (Fsp3) is 0.269. The van der Waals surface area contributed by atoms with Crippen molar-refractivity contribution in [1.82, 2.24) is 0 Å². The summed E-state index contributed by atoms with van der Waals surface area (Å²) in [5, 5.41) is 20.4. The van der Waals surface area contributed by atoms with Gasteiger partial charge in [-0.2, -0.15) is 5.26 Å². The average molecular weight is 447 g/mol. The first-order valence-corrected chi connectivity index (χ1v) is 10.7. The van der Waals surface area contributed by atoms with Crippen LogP contribution in [0, 0.1) is 23.1 Å². The van der Waals surface area contributed by atoms with Gasteiger partial charge in [-0.15, -0.1) is 0 Å². The molecule has 3 aromatic rings. The molecule has 0 radical (unpaired) electrons. The molecule has 6 nitrogen and oxygen atoms in total. The molecule has 0 saturated heterocycles. The van der Waals surface area contributed by atoms with Crippen LogP contribution in [0.1, 0.15) is 47.2 Å². The largest absolute Gasteiger partial charge is 0.487 e. The van der Waals surface area contributed by atoms with E-state index in [0.29, 0.717) is 25.7 Å². The van der Waals surface area contributed by atoms with E-state index in [1.807, 2.05) is 42.5 Å². The minimum atomic E-state index is -1.32. The van der Waals surface area contributed by atoms with Crippen molar-refractivity contribution in [2.24, 2.45) is 5.92 Å². The lowest BCUT2D eigenvalue weighted by atomic mass is 9.87. The third-order valence-corrected chi connectivity index (χ3v) is 5.97. The molecule has 3 aromatic carbocycles. The fourth-order valence-electron chi connectivity index (χ4n) is 4.19. The van der Waals surface area contributed by atoms with Crippen LogP contribution >= 0.6 is 0 Å². The highest BCUT2D eigenvalue weighted by molar-refractivity contribution is 5.91. The average Bonchev–Trinajstić information content (AvgIpc) is 2.83. The summed E-state index contributed by atoms with van der Waals surface area (Å²) in [5.41, 5.74) is 0.383. The van der Waals surface area contributed by atoms with Crippen LogP contribution in [0.3, 0.4) is 0 Å². The predicted molar refractivity (Wildman–Crippen MR) is 118 cm³/mol. The number of carbonyl (C=O) groups is 2. The van der Waals surface area contributed by atoms with Gasteiger partial charge in [0.05, 0.1) is 23.1 Å². The maximum atomic E-state index is 14.3. The molecule has 0 unspecified atom stereocenters. The minimum absolute atomic E-state index is 0.199. The zero-order valence-electron chi connectivity index (χ0n) is 17.8. The van der Waals surface area contributed by atoms with E-state index in [0.717, 1.165) is 28.5 Å². The number of carboxylic acid groups (broad SMARTS) is 1. The van der Waals surface area contributed by atoms with Crippen LogP contribution in [0.4, 0.5) is 4.39 Å². The number of rotatable bonds is 6. The standard InChI is InChI=1S/C26H22FNO5/c27-23-12-19(14-28)22(25(29)30)13-24(23)33-20-10-8-17(9-11-20)26(31)32-15-18-6-3-5-16-4-1-2-7-21(16)18/h1-7,12-13,17,20H,8-11,15H2,(H,29,30). The van der Waals surface area contributed by atoms with Crippen molar-refractivity contribution in [3.8, 4) is 11.8 Å². The quantitative estimate of drug-likeness (QED) is 0.520. The van der Waals surface area contributed by atoms with Gasteiger partial charge in [0.15, 0.2) is 11.6 Å². The van der Waals surface area contributed by atoms with Gasteiger partial charge in [0.2, 0.25) is 0 Å². The lowest BCUT2D eigenvalue weighted by Gasteiger charge is -2.28. The first-order valence-electron chi connectivity index (χ1n) is 10.7. The van der Waals surface area contributed by atoms with E-state index in [4.69, 9.17) is 14.7 Å². The van der Waals surface area contributed by atoms with Crippen molar-refractivity contribution in [1.29, 1.82) is 5.26 Å². The van der Waals surface area contributed by atoms with E-state index >= 15 is 0 Å². The smallest absolute Gasteiger partial charge is 0.337 e. The maximum Gasteiger partial charge on any atom is 0.337 e. The Labute approximate surface area is 190 Å². The van der Waals surface area contributed by atoms with E-state index in [9.17, 15) is 19.1 Å². The first-order chi connectivity index (χ1) is 16.0. The number of fused-ring (bicyclic) bond motifs is 1. The van der Waals surface area contributed by atoms with Crippen LogP contribution in [-0.4, -0.2) is 23.1 Å². The van der Waals surface area contributed by atoms with E-state index in [1.165, 1.54) is 0 Å². The van der Waals surface area contributed by atoms with Crippen molar-refractivity contribution in [2.45, 2.75) is 38.4 Å². The van der Waals surface area contributed by atoms with Crippen molar-refractivity contribution in [3.05, 3.63) is 77.1 Å². The number of halogens is 1. The van der Waals surface area contributed by atoms with E-state index in [2.05, 4.69) is 0 Å². The Morgan fingerprint density at radius 3 is 2.52 bits per heavy atom. The Balaban J connectivity index is 1.33. The minimum Gasteiger partial charge on any atom is -0.487 e. The molecule has 1 saturated carbocycles.